The highest BCUT2D eigenvalue weighted by molar-refractivity contribution is 9.09. The molecule has 610 valence electrons. The molecule has 1 rings (SSSR count). The molecule has 0 aromatic heterocycles. The van der Waals surface area contributed by atoms with Gasteiger partial charge in [-0.25, -0.2) is 4.79 Å². The summed E-state index contributed by atoms with van der Waals surface area (Å²) >= 11 is 3.00. The number of aliphatic carboxylic acids is 2. The Labute approximate surface area is 619 Å². The maximum absolute atomic E-state index is 14.3. The van der Waals surface area contributed by atoms with Crippen molar-refractivity contribution in [2.45, 2.75) is 200 Å². The Morgan fingerprint density at radius 1 is 0.387 bits per heavy atom. The Bertz CT molecular complexity index is 2710. The van der Waals surface area contributed by atoms with Crippen LogP contribution in [0.15, 0.2) is 30.3 Å². The van der Waals surface area contributed by atoms with Crippen LogP contribution in [-0.2, 0) is 54.4 Å². The van der Waals surface area contributed by atoms with Gasteiger partial charge in [0.2, 0.25) is 47.3 Å². The van der Waals surface area contributed by atoms with Gasteiger partial charge in [-0.2, -0.15) is 0 Å². The molecule has 1 aromatic rings. The van der Waals surface area contributed by atoms with Crippen molar-refractivity contribution in [1.29, 1.82) is 0 Å². The van der Waals surface area contributed by atoms with Crippen molar-refractivity contribution >= 4 is 75.1 Å². The lowest BCUT2D eigenvalue weighted by atomic mass is 9.96. The zero-order chi connectivity index (χ0) is 80.3. The number of amides is 8. The number of nitrogens with zero attached hydrogens (tertiary/aromatic N) is 2. The van der Waals surface area contributed by atoms with Gasteiger partial charge in [0, 0.05) is 64.5 Å². The summed E-state index contributed by atoms with van der Waals surface area (Å²) in [4.78, 5) is 131. The normalized spacial score (nSPS) is 17.4. The van der Waals surface area contributed by atoms with Crippen molar-refractivity contribution in [3.63, 3.8) is 0 Å². The van der Waals surface area contributed by atoms with Gasteiger partial charge in [0.1, 0.15) is 91.8 Å². The van der Waals surface area contributed by atoms with Crippen LogP contribution in [0.2, 0.25) is 0 Å². The molecule has 0 saturated heterocycles. The van der Waals surface area contributed by atoms with Crippen LogP contribution >= 0.6 is 15.9 Å². The lowest BCUT2D eigenvalue weighted by molar-refractivity contribution is -0.142. The number of benzene rings is 1. The second-order valence-electron chi connectivity index (χ2n) is 25.6. The quantitative estimate of drug-likeness (QED) is 0.0213. The smallest absolute Gasteiger partial charge is 0.326 e. The molecular formula is C64H111BrN10O31. The SMILES string of the molecule is C[C@H](CO)[C@@H](O)[C@H](O)[C@@H](O)CN(CCCC[C@H](NC(=O)[C@H](CCCCNC(=O)CCC(=O)NCC(=O)NCC(=O)N[C@@H](Cc1ccccc1)C(=O)NCC(=O)O)NC(=O)[C@H](CCCCN(C[C@H](O)[C@@H](O)[C@H](O)[C@H](O)CO)C[C@H](O)[C@@H](O)[C@H](O)[C@H](O)CO)NC(=O)CBr)C(=O)O)C[C@H](O)[C@@H](O)[C@H](O)[C@H](O)CO. The van der Waals surface area contributed by atoms with Crippen molar-refractivity contribution in [3.05, 3.63) is 35.9 Å². The number of halogens is 1. The predicted octanol–water partition coefficient (Wildman–Crippen LogP) is -12.9. The molecule has 0 fully saturated rings. The van der Waals surface area contributed by atoms with Crippen LogP contribution in [-0.4, -0.2) is 389 Å². The minimum absolute atomic E-state index is 0.000196. The number of carbonyl (C=O) groups excluding carboxylic acids is 8. The summed E-state index contributed by atoms with van der Waals surface area (Å²) in [5, 5.41) is 232. The molecule has 42 heteroatoms. The van der Waals surface area contributed by atoms with E-state index in [0.29, 0.717) is 5.56 Å². The Kier molecular flexibility index (Phi) is 49.1. The van der Waals surface area contributed by atoms with E-state index in [1.54, 1.807) is 30.3 Å². The van der Waals surface area contributed by atoms with Crippen molar-refractivity contribution in [1.82, 2.24) is 52.3 Å². The first-order chi connectivity index (χ1) is 50.0. The number of aliphatic hydroxyl groups is 19. The first-order valence-electron chi connectivity index (χ1n) is 34.4. The summed E-state index contributed by atoms with van der Waals surface area (Å²) in [6, 6.07) is 2.43. The van der Waals surface area contributed by atoms with Gasteiger partial charge in [-0.15, -0.1) is 0 Å². The van der Waals surface area contributed by atoms with Crippen molar-refractivity contribution in [2.24, 2.45) is 5.92 Å². The zero-order valence-corrected chi connectivity index (χ0v) is 60.4. The summed E-state index contributed by atoms with van der Waals surface area (Å²) in [7, 11) is 0. The van der Waals surface area contributed by atoms with Crippen LogP contribution in [0.25, 0.3) is 0 Å². The summed E-state index contributed by atoms with van der Waals surface area (Å²) in [6.45, 7) is -7.18. The van der Waals surface area contributed by atoms with Crippen LogP contribution < -0.4 is 42.5 Å². The average Bonchev–Trinajstić information content (AvgIpc) is 0.867. The first kappa shape index (κ1) is 97.6. The molecule has 8 amide bonds. The Balaban J connectivity index is 3.39. The fourth-order valence-electron chi connectivity index (χ4n) is 10.4. The number of carbonyl (C=O) groups is 10. The third-order valence-electron chi connectivity index (χ3n) is 16.9. The fourth-order valence-corrected chi connectivity index (χ4v) is 10.6. The van der Waals surface area contributed by atoms with Crippen LogP contribution in [0.3, 0.4) is 0 Å². The van der Waals surface area contributed by atoms with E-state index in [0.717, 1.165) is 0 Å². The number of unbranched alkanes of at least 4 members (excludes halogenated alkanes) is 3. The summed E-state index contributed by atoms with van der Waals surface area (Å²) in [6.07, 6.45) is -31.1. The van der Waals surface area contributed by atoms with E-state index < -0.39 is 266 Å². The highest BCUT2D eigenvalue weighted by Gasteiger charge is 2.38. The largest absolute Gasteiger partial charge is 0.480 e. The van der Waals surface area contributed by atoms with Crippen LogP contribution in [0.4, 0.5) is 0 Å². The van der Waals surface area contributed by atoms with E-state index in [1.165, 1.54) is 16.7 Å². The Morgan fingerprint density at radius 3 is 1.19 bits per heavy atom. The van der Waals surface area contributed by atoms with Crippen molar-refractivity contribution < 1.29 is 155 Å². The lowest BCUT2D eigenvalue weighted by Crippen LogP contribution is -2.56. The average molecular weight is 1600 g/mol. The molecule has 0 aliphatic carbocycles. The summed E-state index contributed by atoms with van der Waals surface area (Å²) in [5.41, 5.74) is 0.629. The molecule has 1 aromatic carbocycles. The molecule has 0 bridgehead atoms. The monoisotopic (exact) mass is 1590 g/mol. The number of rotatable bonds is 59. The molecule has 0 unspecified atom stereocenters. The highest BCUT2D eigenvalue weighted by atomic mass is 79.9. The minimum Gasteiger partial charge on any atom is -0.480 e. The van der Waals surface area contributed by atoms with Gasteiger partial charge in [0.15, 0.2) is 0 Å². The van der Waals surface area contributed by atoms with Crippen LogP contribution in [0, 0.1) is 5.92 Å². The third-order valence-corrected chi connectivity index (χ3v) is 17.4. The predicted molar refractivity (Wildman–Crippen MR) is 370 cm³/mol. The Morgan fingerprint density at radius 2 is 0.764 bits per heavy atom. The van der Waals surface area contributed by atoms with E-state index in [9.17, 15) is 150 Å². The van der Waals surface area contributed by atoms with Crippen LogP contribution in [0.1, 0.15) is 83.1 Å². The number of carboxylic acids is 2. The number of nitrogens with one attached hydrogen (secondary N) is 8. The molecule has 41 nitrogen and oxygen atoms in total. The number of hydrogen-bond donors (Lipinski definition) is 29. The third kappa shape index (κ3) is 38.6. The summed E-state index contributed by atoms with van der Waals surface area (Å²) in [5.74, 6) is -10.5. The van der Waals surface area contributed by atoms with Crippen molar-refractivity contribution in [3.8, 4) is 0 Å². The number of carboxylic acid groups (broad SMARTS) is 2. The minimum atomic E-state index is -2.11. The van der Waals surface area contributed by atoms with Gasteiger partial charge >= 0.3 is 11.9 Å². The molecule has 106 heavy (non-hydrogen) atoms. The second kappa shape index (κ2) is 53.4. The standard InChI is InChI=1S/C64H111BrN10O31/c1-34(30-76)53(94)54(95)40(80)26-74(27-41(81)55(96)58(99)44(84)31-77)20-10-7-15-38(64(105)106)73-63(104)37(13-5-8-18-66-47(87)16-17-48(88)67-23-50(90)68-24-51(91)71-39(61(102)69-25-52(92)93)21-35-11-3-2-4-12-35)72-62(103)36(70-49(89)22-65)14-6-9-19-75(28-42(82)56(97)59(100)45(85)32-78)29-43(83)57(98)60(101)46(86)33-79/h2-4,11-12,34,36-46,53-60,76-86,94-101H,5-10,13-33H2,1H3,(H,66,87)(H,67,88)(H,68,90)(H,69,102)(H,70,89)(H,71,91)(H,72,103)(H,73,104)(H,92,93)(H,105,106)/t34-,36+,37+,38+,39+,40+,41+,42+,43+,44-,45-,46-,53-,54-,55-,56-,57-,58-,59-,60-/m1/s1. The maximum Gasteiger partial charge on any atom is 0.326 e. The van der Waals surface area contributed by atoms with E-state index in [2.05, 4.69) is 58.5 Å². The molecule has 0 aliphatic heterocycles. The molecular weight excluding hydrogens is 1480 g/mol. The summed E-state index contributed by atoms with van der Waals surface area (Å²) < 4.78 is 0. The molecule has 0 saturated carbocycles. The first-order valence-corrected chi connectivity index (χ1v) is 35.5. The number of aliphatic hydroxyl groups excluding tert-OH is 19. The fraction of sp³-hybridized carbons (Fsp3) is 0.750. The Hall–Kier alpha value is -6.44. The van der Waals surface area contributed by atoms with Gasteiger partial charge in [-0.1, -0.05) is 53.2 Å². The van der Waals surface area contributed by atoms with E-state index >= 15 is 0 Å². The van der Waals surface area contributed by atoms with Gasteiger partial charge in [-0.3, -0.25) is 53.0 Å². The molecule has 20 atom stereocenters. The lowest BCUT2D eigenvalue weighted by Gasteiger charge is -2.33. The van der Waals surface area contributed by atoms with E-state index in [-0.39, 0.29) is 89.2 Å². The maximum atomic E-state index is 14.3. The van der Waals surface area contributed by atoms with Crippen molar-refractivity contribution in [2.75, 3.05) is 97.2 Å². The van der Waals surface area contributed by atoms with E-state index in [4.69, 9.17) is 5.11 Å². The number of hydrogen-bond acceptors (Lipinski definition) is 31. The van der Waals surface area contributed by atoms with Gasteiger partial charge in [0.05, 0.1) is 68.8 Å². The molecule has 0 aliphatic rings. The van der Waals surface area contributed by atoms with Crippen LogP contribution in [0.5, 0.6) is 0 Å². The molecule has 0 heterocycles. The van der Waals surface area contributed by atoms with Gasteiger partial charge in [0.25, 0.3) is 0 Å². The highest BCUT2D eigenvalue weighted by Crippen LogP contribution is 2.18. The molecule has 29 N–H and O–H groups in total. The number of alkyl halides is 1. The van der Waals surface area contributed by atoms with Gasteiger partial charge in [-0.05, 0) is 76.4 Å². The van der Waals surface area contributed by atoms with Gasteiger partial charge < -0.3 is 150 Å². The van der Waals surface area contributed by atoms with E-state index in [1.807, 2.05) is 0 Å². The second-order valence-corrected chi connectivity index (χ2v) is 26.2. The topological polar surface area (TPSA) is 698 Å². The zero-order valence-electron chi connectivity index (χ0n) is 58.8. The molecule has 0 radical (unpaired) electrons. The molecule has 0 spiro atoms.